The molecule has 9 heteroatoms. The minimum Gasteiger partial charge on any atom is -0.756 e. The number of unbranched alkanes of at least 4 members (excludes halogenated alkanes) is 8. The summed E-state index contributed by atoms with van der Waals surface area (Å²) in [6.07, 6.45) is 13.8. The first-order valence-electron chi connectivity index (χ1n) is 15.2. The average molecular weight is 603 g/mol. The molecule has 0 aliphatic rings. The van der Waals surface area contributed by atoms with E-state index in [0.717, 1.165) is 43.2 Å². The van der Waals surface area contributed by atoms with Crippen molar-refractivity contribution in [2.45, 2.75) is 76.4 Å². The van der Waals surface area contributed by atoms with Crippen LogP contribution >= 0.6 is 7.82 Å². The lowest BCUT2D eigenvalue weighted by Crippen LogP contribution is -2.39. The zero-order valence-corrected chi connectivity index (χ0v) is 26.6. The first-order valence-corrected chi connectivity index (χ1v) is 16.6. The molecule has 0 saturated heterocycles. The summed E-state index contributed by atoms with van der Waals surface area (Å²) >= 11 is 0. The molecule has 0 aliphatic carbocycles. The van der Waals surface area contributed by atoms with Crippen LogP contribution in [0.5, 0.6) is 0 Å². The molecule has 3 atom stereocenters. The lowest BCUT2D eigenvalue weighted by atomic mass is 9.99. The smallest absolute Gasteiger partial charge is 0.268 e. The molecule has 0 aromatic heterocycles. The number of carbonyl (C=O) groups excluding carboxylic acids is 1. The van der Waals surface area contributed by atoms with Gasteiger partial charge in [-0.1, -0.05) is 105 Å². The van der Waals surface area contributed by atoms with Crippen molar-refractivity contribution < 1.29 is 32.9 Å². The fraction of sp³-hybridized carbons (Fsp3) is 0.545. The molecule has 3 N–H and O–H groups in total. The zero-order valence-electron chi connectivity index (χ0n) is 25.7. The molecule has 8 nitrogen and oxygen atoms in total. The van der Waals surface area contributed by atoms with E-state index in [1.54, 1.807) is 6.08 Å². The highest BCUT2D eigenvalue weighted by Crippen LogP contribution is 2.38. The van der Waals surface area contributed by atoms with Crippen LogP contribution in [0, 0.1) is 0 Å². The number of phosphoric ester groups is 1. The second-order valence-electron chi connectivity index (χ2n) is 11.9. The Labute approximate surface area is 252 Å². The number of phosphoric acid groups is 1. The summed E-state index contributed by atoms with van der Waals surface area (Å²) in [6.45, 7) is 0.209. The molecule has 0 saturated carbocycles. The molecule has 1 unspecified atom stereocenters. The molecule has 0 radical (unpaired) electrons. The van der Waals surface area contributed by atoms with Gasteiger partial charge in [0.1, 0.15) is 13.2 Å². The van der Waals surface area contributed by atoms with Gasteiger partial charge in [0.15, 0.2) is 5.78 Å². The van der Waals surface area contributed by atoms with Crippen LogP contribution in [0.25, 0.3) is 0 Å². The molecule has 2 aromatic rings. The highest BCUT2D eigenvalue weighted by molar-refractivity contribution is 7.45. The molecule has 42 heavy (non-hydrogen) atoms. The normalized spacial score (nSPS) is 15.0. The Hall–Kier alpha value is -2.16. The third-order valence-electron chi connectivity index (χ3n) is 7.05. The molecule has 0 aliphatic heterocycles. The quantitative estimate of drug-likeness (QED) is 0.0607. The number of benzene rings is 2. The highest BCUT2D eigenvalue weighted by atomic mass is 31.2. The Morgan fingerprint density at radius 1 is 0.905 bits per heavy atom. The minimum atomic E-state index is -4.44. The molecule has 0 heterocycles. The number of aryl methyl sites for hydroxylation is 1. The number of carbonyl (C=O) groups is 1. The van der Waals surface area contributed by atoms with Crippen molar-refractivity contribution in [1.82, 2.24) is 0 Å². The Kier molecular flexibility index (Phi) is 16.5. The van der Waals surface area contributed by atoms with Gasteiger partial charge in [0.05, 0.1) is 39.9 Å². The number of rotatable bonds is 22. The van der Waals surface area contributed by atoms with Crippen LogP contribution in [0.2, 0.25) is 0 Å². The largest absolute Gasteiger partial charge is 0.756 e. The lowest BCUT2D eigenvalue weighted by molar-refractivity contribution is -0.870. The number of hydrogen-bond donors (Lipinski definition) is 2. The first-order chi connectivity index (χ1) is 20.0. The van der Waals surface area contributed by atoms with E-state index in [0.29, 0.717) is 11.0 Å². The molecule has 0 spiro atoms. The minimum absolute atomic E-state index is 0.0257. The predicted octanol–water partition coefficient (Wildman–Crippen LogP) is 5.42. The van der Waals surface area contributed by atoms with E-state index in [2.05, 4.69) is 12.1 Å². The van der Waals surface area contributed by atoms with Crippen molar-refractivity contribution in [3.8, 4) is 0 Å². The molecule has 2 rings (SSSR count). The van der Waals surface area contributed by atoms with E-state index in [1.807, 2.05) is 69.7 Å². The summed E-state index contributed by atoms with van der Waals surface area (Å²) in [5, 5.41) is 10.2. The van der Waals surface area contributed by atoms with Crippen molar-refractivity contribution in [2.24, 2.45) is 5.73 Å². The van der Waals surface area contributed by atoms with Gasteiger partial charge in [-0.3, -0.25) is 9.36 Å². The number of allylic oxidation sites excluding steroid dienone is 1. The van der Waals surface area contributed by atoms with E-state index >= 15 is 0 Å². The lowest BCUT2D eigenvalue weighted by Gasteiger charge is -2.28. The summed E-state index contributed by atoms with van der Waals surface area (Å²) in [6, 6.07) is 16.5. The monoisotopic (exact) mass is 602 g/mol. The van der Waals surface area contributed by atoms with Gasteiger partial charge in [-0.2, -0.15) is 0 Å². The summed E-state index contributed by atoms with van der Waals surface area (Å²) < 4.78 is 22.1. The van der Waals surface area contributed by atoms with Gasteiger partial charge in [0.25, 0.3) is 7.82 Å². The second-order valence-corrected chi connectivity index (χ2v) is 13.3. The summed E-state index contributed by atoms with van der Waals surface area (Å²) in [4.78, 5) is 24.4. The fourth-order valence-corrected chi connectivity index (χ4v) is 5.08. The Balaban J connectivity index is 1.46. The summed E-state index contributed by atoms with van der Waals surface area (Å²) in [7, 11) is 1.36. The Morgan fingerprint density at radius 3 is 2.10 bits per heavy atom. The molecule has 0 fully saturated rings. The van der Waals surface area contributed by atoms with Gasteiger partial charge < -0.3 is 29.3 Å². The van der Waals surface area contributed by atoms with Gasteiger partial charge in [0.2, 0.25) is 0 Å². The fourth-order valence-electron chi connectivity index (χ4n) is 4.35. The van der Waals surface area contributed by atoms with Crippen LogP contribution < -0.4 is 10.6 Å². The molecule has 2 aromatic carbocycles. The number of quaternary nitrogens is 1. The Bertz CT molecular complexity index is 1100. The summed E-state index contributed by atoms with van der Waals surface area (Å²) in [5.41, 5.74) is 8.59. The number of ketones is 1. The first kappa shape index (κ1) is 36.0. The number of likely N-dealkylation sites (N-methyl/N-ethyl adjacent to an activating group) is 1. The second kappa shape index (κ2) is 19.2. The number of nitrogens with two attached hydrogens (primary N) is 1. The molecular formula is C33H51N2O6P. The van der Waals surface area contributed by atoms with Crippen LogP contribution in [-0.2, 0) is 20.0 Å². The van der Waals surface area contributed by atoms with Gasteiger partial charge in [0, 0.05) is 11.1 Å². The van der Waals surface area contributed by atoms with Gasteiger partial charge in [-0.25, -0.2) is 0 Å². The van der Waals surface area contributed by atoms with Crippen LogP contribution in [-0.4, -0.2) is 68.4 Å². The van der Waals surface area contributed by atoms with Crippen molar-refractivity contribution in [3.05, 3.63) is 83.4 Å². The van der Waals surface area contributed by atoms with Crippen LogP contribution in [0.4, 0.5) is 0 Å². The maximum atomic E-state index is 12.5. The van der Waals surface area contributed by atoms with E-state index in [4.69, 9.17) is 14.8 Å². The molecule has 0 amide bonds. The predicted molar refractivity (Wildman–Crippen MR) is 167 cm³/mol. The van der Waals surface area contributed by atoms with Crippen LogP contribution in [0.1, 0.15) is 79.3 Å². The topological polar surface area (TPSA) is 122 Å². The molecular weight excluding hydrogens is 551 g/mol. The van der Waals surface area contributed by atoms with E-state index in [1.165, 1.54) is 37.7 Å². The maximum Gasteiger partial charge on any atom is 0.268 e. The van der Waals surface area contributed by atoms with E-state index in [9.17, 15) is 19.4 Å². The van der Waals surface area contributed by atoms with Gasteiger partial charge >= 0.3 is 0 Å². The highest BCUT2D eigenvalue weighted by Gasteiger charge is 2.18. The van der Waals surface area contributed by atoms with Crippen LogP contribution in [0.3, 0.4) is 0 Å². The SMILES string of the molecule is C[N+](C)(C)CCOP(=O)([O-])OC[C@H](N)[C@H](O)/C=C/CCCCCCCCCCc1ccc(C(=O)c2ccccc2)cc1. The van der Waals surface area contributed by atoms with Crippen LogP contribution in [0.15, 0.2) is 66.7 Å². The van der Waals surface area contributed by atoms with Crippen molar-refractivity contribution >= 4 is 13.6 Å². The van der Waals surface area contributed by atoms with E-state index in [-0.39, 0.29) is 19.0 Å². The van der Waals surface area contributed by atoms with Gasteiger partial charge in [-0.15, -0.1) is 0 Å². The zero-order chi connectivity index (χ0) is 30.8. The number of hydrogen-bond acceptors (Lipinski definition) is 7. The van der Waals surface area contributed by atoms with Crippen molar-refractivity contribution in [3.63, 3.8) is 0 Å². The van der Waals surface area contributed by atoms with E-state index < -0.39 is 20.0 Å². The third kappa shape index (κ3) is 15.9. The number of aliphatic hydroxyl groups is 1. The van der Waals surface area contributed by atoms with Crippen molar-refractivity contribution in [2.75, 3.05) is 40.9 Å². The molecule has 234 valence electrons. The number of nitrogens with zero attached hydrogens (tertiary/aromatic N) is 1. The third-order valence-corrected chi connectivity index (χ3v) is 8.01. The maximum absolute atomic E-state index is 12.5. The van der Waals surface area contributed by atoms with Gasteiger partial charge in [-0.05, 0) is 31.2 Å². The standard InChI is InChI=1S/C33H51N2O6P/c1-35(2,3)25-26-40-42(38,39)41-27-31(34)32(36)20-16-11-9-7-5-4-6-8-10-13-17-28-21-23-30(24-22-28)33(37)29-18-14-12-15-19-29/h12,14-16,18-24,31-32,36H,4-11,13,17,25-27,34H2,1-3H3/b20-16+/t31-,32+/m0/s1. The summed E-state index contributed by atoms with van der Waals surface area (Å²) in [5.74, 6) is 0.0635. The Morgan fingerprint density at radius 2 is 1.48 bits per heavy atom. The molecule has 0 bridgehead atoms. The number of aliphatic hydroxyl groups excluding tert-OH is 1. The van der Waals surface area contributed by atoms with Crippen molar-refractivity contribution in [1.29, 1.82) is 0 Å². The average Bonchev–Trinajstić information content (AvgIpc) is 2.96.